The maximum atomic E-state index is 3.70. The molecule has 0 heterocycles. The van der Waals surface area contributed by atoms with Crippen molar-refractivity contribution in [2.24, 2.45) is 17.8 Å². The second-order valence-corrected chi connectivity index (χ2v) is 6.01. The second kappa shape index (κ2) is 4.64. The van der Waals surface area contributed by atoms with Gasteiger partial charge in [0.2, 0.25) is 0 Å². The third kappa shape index (κ3) is 2.76. The van der Waals surface area contributed by atoms with Gasteiger partial charge in [0.1, 0.15) is 0 Å². The summed E-state index contributed by atoms with van der Waals surface area (Å²) in [7, 11) is 0. The Bertz CT molecular complexity index is 131. The van der Waals surface area contributed by atoms with Crippen LogP contribution in [0.3, 0.4) is 0 Å². The number of halogens is 1. The smallest absolute Gasteiger partial charge is 0.0145 e. The predicted molar refractivity (Wildman–Crippen MR) is 58.7 cm³/mol. The Kier molecular flexibility index (Phi) is 4.09. The summed E-state index contributed by atoms with van der Waals surface area (Å²) in [6.07, 6.45) is 5.83. The molecule has 0 bridgehead atoms. The third-order valence-corrected chi connectivity index (χ3v) is 4.28. The van der Waals surface area contributed by atoms with Crippen LogP contribution in [-0.2, 0) is 0 Å². The molecule has 1 fully saturated rings. The van der Waals surface area contributed by atoms with Crippen LogP contribution >= 0.6 is 15.9 Å². The summed E-state index contributed by atoms with van der Waals surface area (Å²) in [5, 5.41) is 0. The third-order valence-electron chi connectivity index (χ3n) is 3.45. The Hall–Kier alpha value is 0.480. The van der Waals surface area contributed by atoms with Crippen LogP contribution in [-0.4, -0.2) is 4.83 Å². The molecule has 0 aromatic heterocycles. The van der Waals surface area contributed by atoms with E-state index >= 15 is 0 Å². The molecule has 4 atom stereocenters. The van der Waals surface area contributed by atoms with E-state index in [0.717, 1.165) is 17.8 Å². The predicted octanol–water partition coefficient (Wildman–Crippen LogP) is 4.23. The highest BCUT2D eigenvalue weighted by atomic mass is 79.9. The maximum absolute atomic E-state index is 3.70. The van der Waals surface area contributed by atoms with Crippen molar-refractivity contribution < 1.29 is 0 Å². The van der Waals surface area contributed by atoms with Gasteiger partial charge in [-0.3, -0.25) is 0 Å². The quantitative estimate of drug-likeness (QED) is 0.626. The highest BCUT2D eigenvalue weighted by Crippen LogP contribution is 2.36. The summed E-state index contributed by atoms with van der Waals surface area (Å²) in [6, 6.07) is 0. The molecular formula is C11H21Br. The minimum absolute atomic E-state index is 0.688. The van der Waals surface area contributed by atoms with Crippen LogP contribution in [0, 0.1) is 17.8 Å². The Morgan fingerprint density at radius 2 is 1.92 bits per heavy atom. The Morgan fingerprint density at radius 1 is 1.25 bits per heavy atom. The molecule has 12 heavy (non-hydrogen) atoms. The average Bonchev–Trinajstić information content (AvgIpc) is 2.03. The molecule has 0 aliphatic heterocycles. The van der Waals surface area contributed by atoms with Crippen LogP contribution in [0.15, 0.2) is 0 Å². The standard InChI is InChI=1S/C11H21Br/c1-8-5-4-6-11(7-8)9(2)10(3)12/h8-11H,4-7H2,1-3H3. The van der Waals surface area contributed by atoms with E-state index < -0.39 is 0 Å². The van der Waals surface area contributed by atoms with Gasteiger partial charge >= 0.3 is 0 Å². The van der Waals surface area contributed by atoms with Crippen LogP contribution in [0.5, 0.6) is 0 Å². The van der Waals surface area contributed by atoms with Gasteiger partial charge in [0, 0.05) is 4.83 Å². The van der Waals surface area contributed by atoms with Crippen molar-refractivity contribution in [1.82, 2.24) is 0 Å². The molecule has 0 spiro atoms. The highest BCUT2D eigenvalue weighted by Gasteiger charge is 2.25. The van der Waals surface area contributed by atoms with E-state index in [9.17, 15) is 0 Å². The Labute approximate surface area is 85.3 Å². The van der Waals surface area contributed by atoms with E-state index in [1.165, 1.54) is 25.7 Å². The molecular weight excluding hydrogens is 212 g/mol. The Balaban J connectivity index is 2.40. The highest BCUT2D eigenvalue weighted by molar-refractivity contribution is 9.09. The number of alkyl halides is 1. The molecule has 4 unspecified atom stereocenters. The van der Waals surface area contributed by atoms with E-state index in [1.807, 2.05) is 0 Å². The zero-order valence-corrected chi connectivity index (χ0v) is 10.1. The molecule has 1 rings (SSSR count). The second-order valence-electron chi connectivity index (χ2n) is 4.57. The van der Waals surface area contributed by atoms with E-state index in [1.54, 1.807) is 0 Å². The molecule has 72 valence electrons. The van der Waals surface area contributed by atoms with Gasteiger partial charge in [-0.1, -0.05) is 56.0 Å². The summed E-state index contributed by atoms with van der Waals surface area (Å²) in [5.41, 5.74) is 0. The number of rotatable bonds is 2. The van der Waals surface area contributed by atoms with Crippen molar-refractivity contribution >= 4 is 15.9 Å². The first-order valence-electron chi connectivity index (χ1n) is 5.25. The maximum Gasteiger partial charge on any atom is 0.0145 e. The molecule has 1 aliphatic rings. The molecule has 0 radical (unpaired) electrons. The SMILES string of the molecule is CC1CCCC(C(C)C(C)Br)C1. The number of hydrogen-bond acceptors (Lipinski definition) is 0. The lowest BCUT2D eigenvalue weighted by Gasteiger charge is -2.32. The molecule has 0 amide bonds. The minimum atomic E-state index is 0.688. The van der Waals surface area contributed by atoms with Crippen LogP contribution < -0.4 is 0 Å². The van der Waals surface area contributed by atoms with Gasteiger partial charge in [-0.25, -0.2) is 0 Å². The normalized spacial score (nSPS) is 36.0. The molecule has 1 heteroatoms. The van der Waals surface area contributed by atoms with Gasteiger partial charge < -0.3 is 0 Å². The van der Waals surface area contributed by atoms with Crippen molar-refractivity contribution in [3.63, 3.8) is 0 Å². The van der Waals surface area contributed by atoms with E-state index in [0.29, 0.717) is 4.83 Å². The fourth-order valence-corrected chi connectivity index (χ4v) is 2.77. The average molecular weight is 233 g/mol. The molecule has 1 aliphatic carbocycles. The molecule has 0 nitrogen and oxygen atoms in total. The first kappa shape index (κ1) is 10.6. The monoisotopic (exact) mass is 232 g/mol. The fraction of sp³-hybridized carbons (Fsp3) is 1.00. The largest absolute Gasteiger partial charge is 0.0891 e. The van der Waals surface area contributed by atoms with Crippen molar-refractivity contribution in [3.8, 4) is 0 Å². The van der Waals surface area contributed by atoms with Gasteiger partial charge in [0.25, 0.3) is 0 Å². The zero-order valence-electron chi connectivity index (χ0n) is 8.52. The summed E-state index contributed by atoms with van der Waals surface area (Å²) >= 11 is 3.70. The van der Waals surface area contributed by atoms with E-state index in [4.69, 9.17) is 0 Å². The first-order valence-corrected chi connectivity index (χ1v) is 6.17. The van der Waals surface area contributed by atoms with E-state index in [2.05, 4.69) is 36.7 Å². The number of hydrogen-bond donors (Lipinski definition) is 0. The lowest BCUT2D eigenvalue weighted by atomic mass is 9.75. The zero-order chi connectivity index (χ0) is 9.14. The fourth-order valence-electron chi connectivity index (χ4n) is 2.33. The Morgan fingerprint density at radius 3 is 2.42 bits per heavy atom. The van der Waals surface area contributed by atoms with Gasteiger partial charge in [0.05, 0.1) is 0 Å². The van der Waals surface area contributed by atoms with Crippen LogP contribution in [0.2, 0.25) is 0 Å². The molecule has 0 aromatic carbocycles. The molecule has 0 N–H and O–H groups in total. The van der Waals surface area contributed by atoms with E-state index in [-0.39, 0.29) is 0 Å². The summed E-state index contributed by atoms with van der Waals surface area (Å²) in [6.45, 7) is 7.07. The van der Waals surface area contributed by atoms with Gasteiger partial charge in [-0.05, 0) is 24.2 Å². The van der Waals surface area contributed by atoms with Crippen LogP contribution in [0.1, 0.15) is 46.5 Å². The summed E-state index contributed by atoms with van der Waals surface area (Å²) in [4.78, 5) is 0.688. The van der Waals surface area contributed by atoms with Gasteiger partial charge in [0.15, 0.2) is 0 Å². The van der Waals surface area contributed by atoms with Crippen molar-refractivity contribution in [1.29, 1.82) is 0 Å². The first-order chi connectivity index (χ1) is 5.61. The lowest BCUT2D eigenvalue weighted by Crippen LogP contribution is -2.24. The van der Waals surface area contributed by atoms with Crippen molar-refractivity contribution in [2.75, 3.05) is 0 Å². The van der Waals surface area contributed by atoms with Gasteiger partial charge in [-0.15, -0.1) is 0 Å². The molecule has 0 saturated heterocycles. The molecule has 1 saturated carbocycles. The van der Waals surface area contributed by atoms with Crippen LogP contribution in [0.4, 0.5) is 0 Å². The summed E-state index contributed by atoms with van der Waals surface area (Å²) < 4.78 is 0. The van der Waals surface area contributed by atoms with Gasteiger partial charge in [-0.2, -0.15) is 0 Å². The molecule has 0 aromatic rings. The minimum Gasteiger partial charge on any atom is -0.0891 e. The van der Waals surface area contributed by atoms with Crippen molar-refractivity contribution in [3.05, 3.63) is 0 Å². The summed E-state index contributed by atoms with van der Waals surface area (Å²) in [5.74, 6) is 2.80. The lowest BCUT2D eigenvalue weighted by molar-refractivity contribution is 0.216. The van der Waals surface area contributed by atoms with Crippen molar-refractivity contribution in [2.45, 2.75) is 51.3 Å². The van der Waals surface area contributed by atoms with Crippen LogP contribution in [0.25, 0.3) is 0 Å². The topological polar surface area (TPSA) is 0 Å².